The number of benzene rings is 4. The zero-order valence-electron chi connectivity index (χ0n) is 14.6. The Labute approximate surface area is 157 Å². The highest BCUT2D eigenvalue weighted by Crippen LogP contribution is 2.27. The molecule has 0 aliphatic carbocycles. The molecule has 0 unspecified atom stereocenters. The van der Waals surface area contributed by atoms with Gasteiger partial charge in [-0.05, 0) is 57.8 Å². The Balaban J connectivity index is 1.52. The van der Waals surface area contributed by atoms with E-state index < -0.39 is 5.97 Å². The molecule has 3 heteroatoms. The summed E-state index contributed by atoms with van der Waals surface area (Å²) >= 11 is 0. The number of fused-ring (bicyclic) bond motifs is 1. The molecule has 0 spiro atoms. The third-order valence-electron chi connectivity index (χ3n) is 4.52. The molecule has 0 radical (unpaired) electrons. The van der Waals surface area contributed by atoms with Crippen LogP contribution in [0.3, 0.4) is 0 Å². The molecule has 4 aromatic rings. The monoisotopic (exact) mass is 354 g/mol. The Kier molecular flexibility index (Phi) is 4.58. The van der Waals surface area contributed by atoms with Gasteiger partial charge in [0.05, 0.1) is 5.56 Å². The molecule has 27 heavy (non-hydrogen) atoms. The Hall–Kier alpha value is -3.59. The van der Waals surface area contributed by atoms with Crippen LogP contribution in [-0.2, 0) is 6.61 Å². The molecular weight excluding hydrogens is 336 g/mol. The summed E-state index contributed by atoms with van der Waals surface area (Å²) in [6.45, 7) is 0.544. The van der Waals surface area contributed by atoms with Gasteiger partial charge in [0, 0.05) is 0 Å². The quantitative estimate of drug-likeness (QED) is 0.494. The largest absolute Gasteiger partial charge is 0.489 e. The summed E-state index contributed by atoms with van der Waals surface area (Å²) in [7, 11) is 0. The summed E-state index contributed by atoms with van der Waals surface area (Å²) in [5.41, 5.74) is 3.61. The first-order valence-electron chi connectivity index (χ1n) is 8.73. The van der Waals surface area contributed by atoms with Gasteiger partial charge >= 0.3 is 5.97 Å². The molecule has 0 heterocycles. The molecule has 0 fully saturated rings. The van der Waals surface area contributed by atoms with E-state index in [-0.39, 0.29) is 0 Å². The van der Waals surface area contributed by atoms with Gasteiger partial charge in [0.2, 0.25) is 0 Å². The minimum Gasteiger partial charge on any atom is -0.489 e. The molecule has 0 aliphatic heterocycles. The van der Waals surface area contributed by atoms with E-state index in [4.69, 9.17) is 9.84 Å². The zero-order valence-corrected chi connectivity index (χ0v) is 14.6. The summed E-state index contributed by atoms with van der Waals surface area (Å²) in [6, 6.07) is 29.3. The van der Waals surface area contributed by atoms with E-state index in [1.807, 2.05) is 72.8 Å². The van der Waals surface area contributed by atoms with E-state index in [1.165, 1.54) is 0 Å². The smallest absolute Gasteiger partial charge is 0.335 e. The zero-order chi connectivity index (χ0) is 18.6. The summed E-state index contributed by atoms with van der Waals surface area (Å²) in [6.07, 6.45) is 0. The predicted molar refractivity (Wildman–Crippen MR) is 107 cm³/mol. The molecular formula is C24H18O3. The van der Waals surface area contributed by atoms with Gasteiger partial charge in [0.1, 0.15) is 12.4 Å². The first-order chi connectivity index (χ1) is 13.2. The van der Waals surface area contributed by atoms with Gasteiger partial charge in [-0.25, -0.2) is 4.79 Å². The first kappa shape index (κ1) is 16.9. The van der Waals surface area contributed by atoms with Gasteiger partial charge in [0.25, 0.3) is 0 Å². The molecule has 132 valence electrons. The van der Waals surface area contributed by atoms with Gasteiger partial charge in [-0.2, -0.15) is 0 Å². The number of hydrogen-bond donors (Lipinski definition) is 1. The normalized spacial score (nSPS) is 10.7. The van der Waals surface area contributed by atoms with Crippen molar-refractivity contribution in [1.29, 1.82) is 0 Å². The van der Waals surface area contributed by atoms with Crippen LogP contribution in [0.15, 0.2) is 91.0 Å². The number of carbonyl (C=O) groups is 1. The highest BCUT2D eigenvalue weighted by Gasteiger charge is 2.05. The third-order valence-corrected chi connectivity index (χ3v) is 4.52. The average molecular weight is 354 g/mol. The van der Waals surface area contributed by atoms with Crippen molar-refractivity contribution in [2.75, 3.05) is 0 Å². The molecule has 0 aliphatic rings. The van der Waals surface area contributed by atoms with Crippen molar-refractivity contribution in [2.24, 2.45) is 0 Å². The lowest BCUT2D eigenvalue weighted by Crippen LogP contribution is -1.95. The number of carboxylic acid groups (broad SMARTS) is 1. The van der Waals surface area contributed by atoms with Crippen LogP contribution in [0.2, 0.25) is 0 Å². The molecule has 0 amide bonds. The van der Waals surface area contributed by atoms with Crippen LogP contribution in [-0.4, -0.2) is 11.1 Å². The second-order valence-electron chi connectivity index (χ2n) is 6.38. The van der Waals surface area contributed by atoms with E-state index in [1.54, 1.807) is 12.1 Å². The minimum atomic E-state index is -0.910. The average Bonchev–Trinajstić information content (AvgIpc) is 2.72. The van der Waals surface area contributed by atoms with E-state index in [0.29, 0.717) is 12.2 Å². The number of aromatic carboxylic acids is 1. The van der Waals surface area contributed by atoms with Crippen LogP contribution < -0.4 is 4.74 Å². The fourth-order valence-corrected chi connectivity index (χ4v) is 3.04. The molecule has 0 saturated heterocycles. The molecule has 0 atom stereocenters. The molecule has 3 nitrogen and oxygen atoms in total. The molecule has 1 N–H and O–H groups in total. The number of rotatable bonds is 5. The maximum Gasteiger partial charge on any atom is 0.335 e. The van der Waals surface area contributed by atoms with Gasteiger partial charge in [-0.3, -0.25) is 0 Å². The second-order valence-corrected chi connectivity index (χ2v) is 6.38. The molecule has 4 rings (SSSR count). The molecule has 0 saturated carbocycles. The van der Waals surface area contributed by atoms with E-state index >= 15 is 0 Å². The molecule has 4 aromatic carbocycles. The SMILES string of the molecule is O=C(O)c1ccc2cc(-c3ccc(OCc4ccccc4)cc3)ccc2c1. The Morgan fingerprint density at radius 3 is 2.15 bits per heavy atom. The fraction of sp³-hybridized carbons (Fsp3) is 0.0417. The van der Waals surface area contributed by atoms with Crippen LogP contribution in [0.25, 0.3) is 21.9 Å². The van der Waals surface area contributed by atoms with Crippen LogP contribution >= 0.6 is 0 Å². The van der Waals surface area contributed by atoms with Gasteiger partial charge in [0.15, 0.2) is 0 Å². The highest BCUT2D eigenvalue weighted by atomic mass is 16.5. The fourth-order valence-electron chi connectivity index (χ4n) is 3.04. The van der Waals surface area contributed by atoms with Crippen molar-refractivity contribution < 1.29 is 14.6 Å². The van der Waals surface area contributed by atoms with Crippen molar-refractivity contribution >= 4 is 16.7 Å². The van der Waals surface area contributed by atoms with Crippen molar-refractivity contribution in [2.45, 2.75) is 6.61 Å². The summed E-state index contributed by atoms with van der Waals surface area (Å²) in [5, 5.41) is 11.0. The minimum absolute atomic E-state index is 0.301. The summed E-state index contributed by atoms with van der Waals surface area (Å²) in [4.78, 5) is 11.1. The topological polar surface area (TPSA) is 46.5 Å². The first-order valence-corrected chi connectivity index (χ1v) is 8.73. The maximum atomic E-state index is 11.1. The Morgan fingerprint density at radius 1 is 0.741 bits per heavy atom. The van der Waals surface area contributed by atoms with Crippen molar-refractivity contribution in [3.05, 3.63) is 102 Å². The van der Waals surface area contributed by atoms with E-state index in [9.17, 15) is 4.79 Å². The van der Waals surface area contributed by atoms with Crippen molar-refractivity contribution in [3.63, 3.8) is 0 Å². The number of hydrogen-bond acceptors (Lipinski definition) is 2. The van der Waals surface area contributed by atoms with Crippen molar-refractivity contribution in [1.82, 2.24) is 0 Å². The summed E-state index contributed by atoms with van der Waals surface area (Å²) < 4.78 is 5.83. The lowest BCUT2D eigenvalue weighted by atomic mass is 10.00. The third kappa shape index (κ3) is 3.82. The van der Waals surface area contributed by atoms with Crippen LogP contribution in [0.5, 0.6) is 5.75 Å². The predicted octanol–water partition coefficient (Wildman–Crippen LogP) is 5.78. The van der Waals surface area contributed by atoms with Crippen LogP contribution in [0.4, 0.5) is 0 Å². The second kappa shape index (κ2) is 7.34. The lowest BCUT2D eigenvalue weighted by Gasteiger charge is -2.08. The molecule has 0 aromatic heterocycles. The number of carboxylic acids is 1. The summed E-state index contributed by atoms with van der Waals surface area (Å²) in [5.74, 6) is -0.0819. The van der Waals surface area contributed by atoms with E-state index in [2.05, 4.69) is 6.07 Å². The molecule has 0 bridgehead atoms. The highest BCUT2D eigenvalue weighted by molar-refractivity contribution is 5.95. The van der Waals surface area contributed by atoms with E-state index in [0.717, 1.165) is 33.2 Å². The van der Waals surface area contributed by atoms with Gasteiger partial charge in [-0.15, -0.1) is 0 Å². The van der Waals surface area contributed by atoms with Crippen molar-refractivity contribution in [3.8, 4) is 16.9 Å². The lowest BCUT2D eigenvalue weighted by molar-refractivity contribution is 0.0697. The standard InChI is InChI=1S/C24H18O3/c25-24(26)22-9-8-20-14-19(6-7-21(20)15-22)18-10-12-23(13-11-18)27-16-17-4-2-1-3-5-17/h1-15H,16H2,(H,25,26). The number of ether oxygens (including phenoxy) is 1. The van der Waals surface area contributed by atoms with Gasteiger partial charge < -0.3 is 9.84 Å². The maximum absolute atomic E-state index is 11.1. The van der Waals surface area contributed by atoms with Crippen LogP contribution in [0, 0.1) is 0 Å². The van der Waals surface area contributed by atoms with Gasteiger partial charge in [-0.1, -0.05) is 60.7 Å². The Bertz CT molecular complexity index is 1080. The van der Waals surface area contributed by atoms with Crippen LogP contribution in [0.1, 0.15) is 15.9 Å². The Morgan fingerprint density at radius 2 is 1.41 bits per heavy atom.